The van der Waals surface area contributed by atoms with E-state index in [0.29, 0.717) is 25.6 Å². The molecule has 2 fully saturated rings. The van der Waals surface area contributed by atoms with E-state index in [4.69, 9.17) is 14.0 Å². The number of aliphatic hydroxyl groups excluding tert-OH is 1. The van der Waals surface area contributed by atoms with Crippen LogP contribution < -0.4 is 0 Å². The second-order valence-electron chi connectivity index (χ2n) is 6.15. The molecule has 7 nitrogen and oxygen atoms in total. The molecule has 0 spiro atoms. The minimum absolute atomic E-state index is 0.144. The van der Waals surface area contributed by atoms with Gasteiger partial charge in [0.25, 0.3) is 0 Å². The van der Waals surface area contributed by atoms with Crippen molar-refractivity contribution < 1.29 is 19.1 Å². The SMILES string of the molecule is Cc1nc([C@@H]2CCCN2C[C@H](O)COC[C@@H]2CCCO2)no1. The molecule has 1 aromatic rings. The van der Waals surface area contributed by atoms with Crippen LogP contribution in [-0.2, 0) is 9.47 Å². The zero-order valence-electron chi connectivity index (χ0n) is 13.1. The zero-order valence-corrected chi connectivity index (χ0v) is 13.1. The van der Waals surface area contributed by atoms with Crippen LogP contribution in [0.5, 0.6) is 0 Å². The normalized spacial score (nSPS) is 27.5. The summed E-state index contributed by atoms with van der Waals surface area (Å²) >= 11 is 0. The Morgan fingerprint density at radius 3 is 3.05 bits per heavy atom. The quantitative estimate of drug-likeness (QED) is 0.806. The number of ether oxygens (including phenoxy) is 2. The average molecular weight is 311 g/mol. The Bertz CT molecular complexity index is 461. The molecule has 0 saturated carbocycles. The minimum Gasteiger partial charge on any atom is -0.389 e. The number of aromatic nitrogens is 2. The van der Waals surface area contributed by atoms with Crippen LogP contribution in [0.4, 0.5) is 0 Å². The number of hydrogen-bond donors (Lipinski definition) is 1. The van der Waals surface area contributed by atoms with Crippen molar-refractivity contribution in [1.29, 1.82) is 0 Å². The summed E-state index contributed by atoms with van der Waals surface area (Å²) in [7, 11) is 0. The van der Waals surface area contributed by atoms with Gasteiger partial charge in [0.15, 0.2) is 5.82 Å². The number of β-amino-alcohol motifs (C(OH)–C–C–N with tert-alkyl or cyclic N) is 1. The first-order valence-corrected chi connectivity index (χ1v) is 8.14. The van der Waals surface area contributed by atoms with E-state index in [0.717, 1.165) is 44.7 Å². The van der Waals surface area contributed by atoms with E-state index in [1.807, 2.05) is 0 Å². The molecule has 2 aliphatic heterocycles. The van der Waals surface area contributed by atoms with E-state index in [-0.39, 0.29) is 12.1 Å². The highest BCUT2D eigenvalue weighted by Gasteiger charge is 2.31. The summed E-state index contributed by atoms with van der Waals surface area (Å²) in [6.07, 6.45) is 3.95. The predicted molar refractivity (Wildman–Crippen MR) is 78.4 cm³/mol. The standard InChI is InChI=1S/C15H25N3O4/c1-11-16-15(17-22-11)14-5-2-6-18(14)8-12(19)9-20-10-13-4-3-7-21-13/h12-14,19H,2-10H2,1H3/t12-,13-,14-/m0/s1. The van der Waals surface area contributed by atoms with E-state index in [1.165, 1.54) is 0 Å². The molecule has 0 aliphatic carbocycles. The van der Waals surface area contributed by atoms with Crippen molar-refractivity contribution in [3.63, 3.8) is 0 Å². The van der Waals surface area contributed by atoms with Gasteiger partial charge in [-0.15, -0.1) is 0 Å². The molecule has 0 bridgehead atoms. The molecule has 124 valence electrons. The number of hydrogen-bond acceptors (Lipinski definition) is 7. The molecule has 0 unspecified atom stereocenters. The van der Waals surface area contributed by atoms with Crippen LogP contribution in [0.2, 0.25) is 0 Å². The van der Waals surface area contributed by atoms with Crippen LogP contribution in [0.1, 0.15) is 43.4 Å². The lowest BCUT2D eigenvalue weighted by Gasteiger charge is -2.24. The second-order valence-corrected chi connectivity index (χ2v) is 6.15. The van der Waals surface area contributed by atoms with Crippen molar-refractivity contribution in [3.8, 4) is 0 Å². The highest BCUT2D eigenvalue weighted by molar-refractivity contribution is 4.97. The lowest BCUT2D eigenvalue weighted by molar-refractivity contribution is -0.0264. The molecule has 7 heteroatoms. The number of nitrogens with zero attached hydrogens (tertiary/aromatic N) is 3. The first-order chi connectivity index (χ1) is 10.7. The van der Waals surface area contributed by atoms with Gasteiger partial charge >= 0.3 is 0 Å². The first-order valence-electron chi connectivity index (χ1n) is 8.14. The van der Waals surface area contributed by atoms with E-state index in [1.54, 1.807) is 6.92 Å². The maximum Gasteiger partial charge on any atom is 0.223 e. The Hall–Kier alpha value is -1.02. The third kappa shape index (κ3) is 4.04. The van der Waals surface area contributed by atoms with Gasteiger partial charge in [-0.3, -0.25) is 4.90 Å². The van der Waals surface area contributed by atoms with Crippen LogP contribution in [0.15, 0.2) is 4.52 Å². The zero-order chi connectivity index (χ0) is 15.4. The smallest absolute Gasteiger partial charge is 0.223 e. The van der Waals surface area contributed by atoms with Crippen LogP contribution in [0.25, 0.3) is 0 Å². The molecular formula is C15H25N3O4. The fraction of sp³-hybridized carbons (Fsp3) is 0.867. The Morgan fingerprint density at radius 2 is 2.32 bits per heavy atom. The van der Waals surface area contributed by atoms with Crippen LogP contribution in [0.3, 0.4) is 0 Å². The topological polar surface area (TPSA) is 80.9 Å². The Morgan fingerprint density at radius 1 is 1.41 bits per heavy atom. The van der Waals surface area contributed by atoms with Crippen molar-refractivity contribution >= 4 is 0 Å². The molecule has 1 aromatic heterocycles. The molecule has 0 radical (unpaired) electrons. The van der Waals surface area contributed by atoms with E-state index in [9.17, 15) is 5.11 Å². The van der Waals surface area contributed by atoms with Crippen molar-refractivity contribution in [2.45, 2.75) is 50.9 Å². The van der Waals surface area contributed by atoms with E-state index >= 15 is 0 Å². The third-order valence-electron chi connectivity index (χ3n) is 4.29. The largest absolute Gasteiger partial charge is 0.389 e. The first kappa shape index (κ1) is 15.9. The summed E-state index contributed by atoms with van der Waals surface area (Å²) in [5.74, 6) is 1.31. The fourth-order valence-corrected chi connectivity index (χ4v) is 3.22. The number of likely N-dealkylation sites (tertiary alicyclic amines) is 1. The Labute approximate surface area is 130 Å². The van der Waals surface area contributed by atoms with Crippen LogP contribution in [-0.4, -0.2) is 65.3 Å². The molecule has 0 amide bonds. The maximum atomic E-state index is 10.2. The summed E-state index contributed by atoms with van der Waals surface area (Å²) in [6, 6.07) is 0.144. The molecule has 1 N–H and O–H groups in total. The number of aliphatic hydroxyl groups is 1. The lowest BCUT2D eigenvalue weighted by Crippen LogP contribution is -2.35. The van der Waals surface area contributed by atoms with E-state index < -0.39 is 6.10 Å². The molecular weight excluding hydrogens is 286 g/mol. The highest BCUT2D eigenvalue weighted by atomic mass is 16.5. The van der Waals surface area contributed by atoms with Gasteiger partial charge in [0, 0.05) is 20.1 Å². The minimum atomic E-state index is -0.505. The van der Waals surface area contributed by atoms with Gasteiger partial charge in [-0.05, 0) is 32.2 Å². The Balaban J connectivity index is 1.42. The van der Waals surface area contributed by atoms with Gasteiger partial charge in [-0.25, -0.2) is 0 Å². The van der Waals surface area contributed by atoms with Gasteiger partial charge in [0.2, 0.25) is 5.89 Å². The molecule has 3 heterocycles. The summed E-state index contributed by atoms with van der Waals surface area (Å²) < 4.78 is 16.1. The van der Waals surface area contributed by atoms with Gasteiger partial charge in [0.1, 0.15) is 0 Å². The summed E-state index contributed by atoms with van der Waals surface area (Å²) in [5.41, 5.74) is 0. The van der Waals surface area contributed by atoms with Gasteiger partial charge in [-0.1, -0.05) is 5.16 Å². The maximum absolute atomic E-state index is 10.2. The van der Waals surface area contributed by atoms with Gasteiger partial charge in [-0.2, -0.15) is 4.98 Å². The monoisotopic (exact) mass is 311 g/mol. The lowest BCUT2D eigenvalue weighted by atomic mass is 10.2. The van der Waals surface area contributed by atoms with Crippen LogP contribution in [0, 0.1) is 6.92 Å². The van der Waals surface area contributed by atoms with Crippen molar-refractivity contribution in [2.75, 3.05) is 32.9 Å². The molecule has 0 aromatic carbocycles. The Kier molecular flexibility index (Phi) is 5.41. The van der Waals surface area contributed by atoms with Gasteiger partial charge < -0.3 is 19.1 Å². The van der Waals surface area contributed by atoms with Crippen molar-refractivity contribution in [3.05, 3.63) is 11.7 Å². The van der Waals surface area contributed by atoms with Crippen LogP contribution >= 0.6 is 0 Å². The molecule has 22 heavy (non-hydrogen) atoms. The second kappa shape index (κ2) is 7.50. The summed E-state index contributed by atoms with van der Waals surface area (Å²) in [5, 5.41) is 14.2. The highest BCUT2D eigenvalue weighted by Crippen LogP contribution is 2.30. The number of aryl methyl sites for hydroxylation is 1. The average Bonchev–Trinajstić information content (AvgIpc) is 3.20. The predicted octanol–water partition coefficient (Wildman–Crippen LogP) is 1.07. The molecule has 3 atom stereocenters. The van der Waals surface area contributed by atoms with Crippen molar-refractivity contribution in [2.24, 2.45) is 0 Å². The number of rotatable bonds is 7. The van der Waals surface area contributed by atoms with E-state index in [2.05, 4.69) is 15.0 Å². The third-order valence-corrected chi connectivity index (χ3v) is 4.29. The summed E-state index contributed by atoms with van der Waals surface area (Å²) in [4.78, 5) is 6.53. The molecule has 3 rings (SSSR count). The molecule has 2 aliphatic rings. The van der Waals surface area contributed by atoms with Crippen molar-refractivity contribution in [1.82, 2.24) is 15.0 Å². The fourth-order valence-electron chi connectivity index (χ4n) is 3.22. The molecule has 2 saturated heterocycles. The van der Waals surface area contributed by atoms with Gasteiger partial charge in [0.05, 0.1) is 31.5 Å². The summed E-state index contributed by atoms with van der Waals surface area (Å²) in [6.45, 7) is 5.06.